The number of amides is 1. The minimum absolute atomic E-state index is 0.0204. The van der Waals surface area contributed by atoms with Gasteiger partial charge < -0.3 is 20.3 Å². The summed E-state index contributed by atoms with van der Waals surface area (Å²) >= 11 is 0. The second kappa shape index (κ2) is 43.1. The van der Waals surface area contributed by atoms with Crippen molar-refractivity contribution in [3.05, 3.63) is 24.3 Å². The Morgan fingerprint density at radius 3 is 1.34 bits per heavy atom. The van der Waals surface area contributed by atoms with E-state index in [1.54, 1.807) is 6.08 Å². The standard InChI is InChI=1S/C47H89NO5/c1-3-5-7-9-11-13-15-16-17-21-25-29-33-37-41-47(52)53-42-38-34-30-26-22-19-18-20-24-28-32-36-40-46(51)48-44(43-49)45(50)39-35-31-27-23-14-12-10-8-6-4-2/h15-16,35,39,44-45,49-50H,3-14,17-34,36-38,40-43H2,1-2H3,(H,48,51)/b16-15-,39-35+. The van der Waals surface area contributed by atoms with E-state index in [9.17, 15) is 19.8 Å². The second-order valence-electron chi connectivity index (χ2n) is 15.7. The zero-order valence-electron chi connectivity index (χ0n) is 35.2. The van der Waals surface area contributed by atoms with Crippen LogP contribution < -0.4 is 5.32 Å². The fourth-order valence-electron chi connectivity index (χ4n) is 6.86. The van der Waals surface area contributed by atoms with Crippen molar-refractivity contribution in [2.24, 2.45) is 0 Å². The molecule has 3 N–H and O–H groups in total. The molecule has 1 amide bonds. The fourth-order valence-corrected chi connectivity index (χ4v) is 6.86. The van der Waals surface area contributed by atoms with Gasteiger partial charge in [0.1, 0.15) is 0 Å². The predicted molar refractivity (Wildman–Crippen MR) is 227 cm³/mol. The number of aliphatic hydroxyl groups is 2. The Morgan fingerprint density at radius 2 is 0.887 bits per heavy atom. The highest BCUT2D eigenvalue weighted by atomic mass is 16.5. The number of aliphatic hydroxyl groups excluding tert-OH is 2. The molecule has 0 saturated carbocycles. The van der Waals surface area contributed by atoms with Gasteiger partial charge in [-0.1, -0.05) is 192 Å². The van der Waals surface area contributed by atoms with E-state index in [2.05, 4.69) is 31.3 Å². The van der Waals surface area contributed by atoms with Crippen molar-refractivity contribution in [2.45, 2.75) is 251 Å². The average molecular weight is 748 g/mol. The predicted octanol–water partition coefficient (Wildman–Crippen LogP) is 13.2. The number of unbranched alkanes of at least 4 members (excludes halogenated alkanes) is 29. The van der Waals surface area contributed by atoms with Gasteiger partial charge in [-0.2, -0.15) is 0 Å². The Morgan fingerprint density at radius 1 is 0.509 bits per heavy atom. The minimum Gasteiger partial charge on any atom is -0.466 e. The molecular weight excluding hydrogens is 659 g/mol. The smallest absolute Gasteiger partial charge is 0.305 e. The summed E-state index contributed by atoms with van der Waals surface area (Å²) in [7, 11) is 0. The average Bonchev–Trinajstić information content (AvgIpc) is 3.16. The van der Waals surface area contributed by atoms with E-state index in [1.807, 2.05) is 6.08 Å². The molecule has 6 heteroatoms. The number of ether oxygens (including phenoxy) is 1. The number of hydrogen-bond acceptors (Lipinski definition) is 5. The topological polar surface area (TPSA) is 95.9 Å². The van der Waals surface area contributed by atoms with Gasteiger partial charge >= 0.3 is 5.97 Å². The molecule has 0 bridgehead atoms. The SMILES string of the molecule is CCCCCCC/C=C\CCCCCCCC(=O)OCCCCCCCCCCCCCCC(=O)NC(CO)C(O)/C=C/CCCCCCCCCC. The van der Waals surface area contributed by atoms with Gasteiger partial charge in [-0.3, -0.25) is 9.59 Å². The molecule has 312 valence electrons. The highest BCUT2D eigenvalue weighted by molar-refractivity contribution is 5.76. The monoisotopic (exact) mass is 748 g/mol. The van der Waals surface area contributed by atoms with Crippen LogP contribution in [0.15, 0.2) is 24.3 Å². The molecule has 0 aliphatic rings. The minimum atomic E-state index is -0.852. The van der Waals surface area contributed by atoms with Gasteiger partial charge in [0.25, 0.3) is 0 Å². The number of carbonyl (C=O) groups excluding carboxylic acids is 2. The summed E-state index contributed by atoms with van der Waals surface area (Å²) in [5, 5.41) is 22.9. The van der Waals surface area contributed by atoms with Gasteiger partial charge in [0.15, 0.2) is 0 Å². The lowest BCUT2D eigenvalue weighted by molar-refractivity contribution is -0.143. The fraction of sp³-hybridized carbons (Fsp3) is 0.872. The Kier molecular flexibility index (Phi) is 41.7. The van der Waals surface area contributed by atoms with Crippen molar-refractivity contribution in [1.29, 1.82) is 0 Å². The van der Waals surface area contributed by atoms with Crippen molar-refractivity contribution < 1.29 is 24.5 Å². The van der Waals surface area contributed by atoms with E-state index in [1.165, 1.54) is 154 Å². The first-order valence-corrected chi connectivity index (χ1v) is 23.1. The maximum atomic E-state index is 12.4. The molecule has 0 aromatic carbocycles. The number of allylic oxidation sites excluding steroid dienone is 3. The van der Waals surface area contributed by atoms with Crippen molar-refractivity contribution in [2.75, 3.05) is 13.2 Å². The lowest BCUT2D eigenvalue weighted by Crippen LogP contribution is -2.45. The van der Waals surface area contributed by atoms with E-state index in [-0.39, 0.29) is 18.5 Å². The van der Waals surface area contributed by atoms with Crippen LogP contribution in [-0.4, -0.2) is 47.4 Å². The zero-order chi connectivity index (χ0) is 38.7. The summed E-state index contributed by atoms with van der Waals surface area (Å²) in [6, 6.07) is -0.637. The van der Waals surface area contributed by atoms with Gasteiger partial charge in [-0.15, -0.1) is 0 Å². The van der Waals surface area contributed by atoms with Crippen LogP contribution in [0.2, 0.25) is 0 Å². The Labute approximate surface area is 329 Å². The first-order valence-electron chi connectivity index (χ1n) is 23.1. The number of nitrogens with one attached hydrogen (secondary N) is 1. The van der Waals surface area contributed by atoms with Gasteiger partial charge in [0.2, 0.25) is 5.91 Å². The summed E-state index contributed by atoms with van der Waals surface area (Å²) in [6.07, 6.45) is 48.8. The second-order valence-corrected chi connectivity index (χ2v) is 15.7. The molecule has 2 atom stereocenters. The molecular formula is C47H89NO5. The number of esters is 1. The maximum absolute atomic E-state index is 12.4. The van der Waals surface area contributed by atoms with Crippen molar-refractivity contribution in [3.8, 4) is 0 Å². The molecule has 2 unspecified atom stereocenters. The van der Waals surface area contributed by atoms with E-state index < -0.39 is 12.1 Å². The van der Waals surface area contributed by atoms with Gasteiger partial charge in [-0.25, -0.2) is 0 Å². The van der Waals surface area contributed by atoms with Crippen molar-refractivity contribution >= 4 is 11.9 Å². The van der Waals surface area contributed by atoms with Crippen LogP contribution in [0, 0.1) is 0 Å². The van der Waals surface area contributed by atoms with E-state index >= 15 is 0 Å². The maximum Gasteiger partial charge on any atom is 0.305 e. The Balaban J connectivity index is 3.48. The Hall–Kier alpha value is -1.66. The molecule has 0 rings (SSSR count). The lowest BCUT2D eigenvalue weighted by atomic mass is 10.0. The molecule has 0 saturated heterocycles. The molecule has 0 fully saturated rings. The number of carbonyl (C=O) groups is 2. The summed E-state index contributed by atoms with van der Waals surface area (Å²) in [5.41, 5.74) is 0. The van der Waals surface area contributed by atoms with E-state index in [4.69, 9.17) is 4.74 Å². The Bertz CT molecular complexity index is 828. The number of hydrogen-bond donors (Lipinski definition) is 3. The van der Waals surface area contributed by atoms with Crippen LogP contribution in [0.4, 0.5) is 0 Å². The normalized spacial score (nSPS) is 12.9. The van der Waals surface area contributed by atoms with E-state index in [0.717, 1.165) is 57.8 Å². The lowest BCUT2D eigenvalue weighted by Gasteiger charge is -2.20. The van der Waals surface area contributed by atoms with Crippen LogP contribution in [0.5, 0.6) is 0 Å². The molecule has 0 aliphatic carbocycles. The summed E-state index contributed by atoms with van der Waals surface area (Å²) in [5.74, 6) is -0.107. The third-order valence-electron chi connectivity index (χ3n) is 10.5. The van der Waals surface area contributed by atoms with Crippen LogP contribution in [0.3, 0.4) is 0 Å². The highest BCUT2D eigenvalue weighted by Crippen LogP contribution is 2.14. The molecule has 0 aromatic rings. The molecule has 0 aliphatic heterocycles. The van der Waals surface area contributed by atoms with Crippen LogP contribution >= 0.6 is 0 Å². The molecule has 0 heterocycles. The van der Waals surface area contributed by atoms with Crippen molar-refractivity contribution in [1.82, 2.24) is 5.32 Å². The van der Waals surface area contributed by atoms with E-state index in [0.29, 0.717) is 19.4 Å². The number of rotatable bonds is 42. The third-order valence-corrected chi connectivity index (χ3v) is 10.5. The van der Waals surface area contributed by atoms with Gasteiger partial charge in [0, 0.05) is 12.8 Å². The summed E-state index contributed by atoms with van der Waals surface area (Å²) < 4.78 is 5.44. The molecule has 0 aromatic heterocycles. The first-order chi connectivity index (χ1) is 26.0. The molecule has 0 radical (unpaired) electrons. The summed E-state index contributed by atoms with van der Waals surface area (Å²) in [6.45, 7) is 4.82. The van der Waals surface area contributed by atoms with Gasteiger partial charge in [-0.05, 0) is 57.8 Å². The van der Waals surface area contributed by atoms with Gasteiger partial charge in [0.05, 0.1) is 25.4 Å². The van der Waals surface area contributed by atoms with Crippen LogP contribution in [0.25, 0.3) is 0 Å². The summed E-state index contributed by atoms with van der Waals surface area (Å²) in [4.78, 5) is 24.3. The largest absolute Gasteiger partial charge is 0.466 e. The highest BCUT2D eigenvalue weighted by Gasteiger charge is 2.18. The molecule has 0 spiro atoms. The molecule has 6 nitrogen and oxygen atoms in total. The quantitative estimate of drug-likeness (QED) is 0.0328. The first kappa shape index (κ1) is 51.3. The molecule has 53 heavy (non-hydrogen) atoms. The van der Waals surface area contributed by atoms with Crippen LogP contribution in [-0.2, 0) is 14.3 Å². The zero-order valence-corrected chi connectivity index (χ0v) is 35.2. The third kappa shape index (κ3) is 39.8. The van der Waals surface area contributed by atoms with Crippen LogP contribution in [0.1, 0.15) is 239 Å². The van der Waals surface area contributed by atoms with Crippen molar-refractivity contribution in [3.63, 3.8) is 0 Å².